The molecule has 2 aromatic rings. The highest BCUT2D eigenvalue weighted by atomic mass is 19.4. The number of ether oxygens (including phenoxy) is 2. The second-order valence-corrected chi connectivity index (χ2v) is 7.30. The van der Waals surface area contributed by atoms with Crippen molar-refractivity contribution in [3.63, 3.8) is 0 Å². The zero-order valence-corrected chi connectivity index (χ0v) is 17.0. The van der Waals surface area contributed by atoms with Crippen molar-refractivity contribution < 1.29 is 40.6 Å². The molecule has 1 aromatic carbocycles. The number of alkyl halides is 5. The minimum atomic E-state index is -4.54. The maximum Gasteiger partial charge on any atom is 0.422 e. The molecule has 3 rings (SSSR count). The van der Waals surface area contributed by atoms with Gasteiger partial charge in [0.05, 0.1) is 6.20 Å². The highest BCUT2D eigenvalue weighted by molar-refractivity contribution is 6.02. The van der Waals surface area contributed by atoms with Crippen LogP contribution in [0.15, 0.2) is 41.5 Å². The molecule has 0 bridgehead atoms. The molecule has 0 unspecified atom stereocenters. The Bertz CT molecular complexity index is 1060. The van der Waals surface area contributed by atoms with Gasteiger partial charge in [-0.25, -0.2) is 18.2 Å². The quantitative estimate of drug-likeness (QED) is 0.642. The first-order valence-corrected chi connectivity index (χ1v) is 9.37. The van der Waals surface area contributed by atoms with Gasteiger partial charge in [-0.1, -0.05) is 0 Å². The number of aromatic nitrogens is 1. The minimum absolute atomic E-state index is 0.0495. The second-order valence-electron chi connectivity index (χ2n) is 7.30. The molecule has 1 aromatic heterocycles. The SMILES string of the molecule is C[C@]1(c2cc(NC(=O)c3ccc(OCC(F)(F)F)cn3)ccc2F)N=C(N)COCC1(F)F. The van der Waals surface area contributed by atoms with Crippen molar-refractivity contribution in [3.8, 4) is 5.75 Å². The van der Waals surface area contributed by atoms with Crippen LogP contribution in [-0.2, 0) is 10.3 Å². The Hall–Kier alpha value is -3.35. The minimum Gasteiger partial charge on any atom is -0.483 e. The predicted octanol–water partition coefficient (Wildman–Crippen LogP) is 3.65. The van der Waals surface area contributed by atoms with E-state index in [-0.39, 0.29) is 29.6 Å². The van der Waals surface area contributed by atoms with Gasteiger partial charge in [-0.2, -0.15) is 13.2 Å². The molecule has 33 heavy (non-hydrogen) atoms. The van der Waals surface area contributed by atoms with Gasteiger partial charge < -0.3 is 20.5 Å². The molecular formula is C20H18F6N4O3. The Balaban J connectivity index is 1.82. The molecule has 2 heterocycles. The van der Waals surface area contributed by atoms with E-state index in [4.69, 9.17) is 10.5 Å². The molecule has 0 saturated carbocycles. The van der Waals surface area contributed by atoms with Crippen molar-refractivity contribution >= 4 is 17.4 Å². The van der Waals surface area contributed by atoms with E-state index in [0.29, 0.717) is 0 Å². The van der Waals surface area contributed by atoms with Gasteiger partial charge in [0.15, 0.2) is 12.1 Å². The number of carbonyl (C=O) groups is 1. The summed E-state index contributed by atoms with van der Waals surface area (Å²) in [5.74, 6) is -5.91. The van der Waals surface area contributed by atoms with E-state index in [0.717, 1.165) is 43.5 Å². The van der Waals surface area contributed by atoms with Crippen LogP contribution in [0.3, 0.4) is 0 Å². The number of amides is 1. The Morgan fingerprint density at radius 2 is 2.00 bits per heavy atom. The highest BCUT2D eigenvalue weighted by Crippen LogP contribution is 2.44. The number of pyridine rings is 1. The van der Waals surface area contributed by atoms with Gasteiger partial charge >= 0.3 is 6.18 Å². The van der Waals surface area contributed by atoms with Gasteiger partial charge in [-0.05, 0) is 37.3 Å². The van der Waals surface area contributed by atoms with Gasteiger partial charge in [0.25, 0.3) is 11.8 Å². The van der Waals surface area contributed by atoms with Crippen molar-refractivity contribution in [2.24, 2.45) is 10.7 Å². The number of nitrogens with one attached hydrogen (secondary N) is 1. The van der Waals surface area contributed by atoms with Crippen molar-refractivity contribution in [1.29, 1.82) is 0 Å². The molecule has 0 aliphatic carbocycles. The van der Waals surface area contributed by atoms with Crippen molar-refractivity contribution in [1.82, 2.24) is 4.98 Å². The third-order valence-corrected chi connectivity index (χ3v) is 4.73. The van der Waals surface area contributed by atoms with Crippen LogP contribution in [0.4, 0.5) is 32.0 Å². The maximum absolute atomic E-state index is 14.8. The Labute approximate surface area is 183 Å². The van der Waals surface area contributed by atoms with Gasteiger partial charge in [0.1, 0.15) is 36.3 Å². The lowest BCUT2D eigenvalue weighted by Gasteiger charge is -2.33. The van der Waals surface area contributed by atoms with Gasteiger partial charge in [-0.3, -0.25) is 9.79 Å². The van der Waals surface area contributed by atoms with E-state index < -0.39 is 48.1 Å². The van der Waals surface area contributed by atoms with Crippen LogP contribution in [0.5, 0.6) is 5.75 Å². The third kappa shape index (κ3) is 5.53. The number of hydrogen-bond donors (Lipinski definition) is 2. The van der Waals surface area contributed by atoms with E-state index in [2.05, 4.69) is 20.0 Å². The number of amidine groups is 1. The van der Waals surface area contributed by atoms with Crippen LogP contribution in [0.2, 0.25) is 0 Å². The molecule has 1 atom stereocenters. The summed E-state index contributed by atoms with van der Waals surface area (Å²) in [6.07, 6.45) is -3.62. The fourth-order valence-corrected chi connectivity index (χ4v) is 3.02. The molecule has 3 N–H and O–H groups in total. The van der Waals surface area contributed by atoms with Crippen LogP contribution >= 0.6 is 0 Å². The topological polar surface area (TPSA) is 98.8 Å². The van der Waals surface area contributed by atoms with Crippen LogP contribution in [0.25, 0.3) is 0 Å². The van der Waals surface area contributed by atoms with Gasteiger partial charge in [-0.15, -0.1) is 0 Å². The molecule has 1 amide bonds. The smallest absolute Gasteiger partial charge is 0.422 e. The summed E-state index contributed by atoms with van der Waals surface area (Å²) >= 11 is 0. The summed E-state index contributed by atoms with van der Waals surface area (Å²) < 4.78 is 90.0. The number of hydrogen-bond acceptors (Lipinski definition) is 6. The number of anilines is 1. The van der Waals surface area contributed by atoms with Crippen molar-refractivity contribution in [2.75, 3.05) is 25.1 Å². The molecule has 0 fully saturated rings. The Morgan fingerprint density at radius 1 is 1.27 bits per heavy atom. The Kier molecular flexibility index (Phi) is 6.54. The summed E-state index contributed by atoms with van der Waals surface area (Å²) in [5.41, 5.74) is 2.40. The van der Waals surface area contributed by atoms with E-state index in [1.807, 2.05) is 0 Å². The van der Waals surface area contributed by atoms with E-state index in [9.17, 15) is 31.1 Å². The first-order valence-electron chi connectivity index (χ1n) is 9.37. The van der Waals surface area contributed by atoms with E-state index in [1.165, 1.54) is 0 Å². The average Bonchev–Trinajstić information content (AvgIpc) is 2.83. The number of carbonyl (C=O) groups excluding carboxylic acids is 1. The lowest BCUT2D eigenvalue weighted by atomic mass is 9.85. The van der Waals surface area contributed by atoms with Crippen LogP contribution < -0.4 is 15.8 Å². The average molecular weight is 476 g/mol. The fraction of sp³-hybridized carbons (Fsp3) is 0.350. The van der Waals surface area contributed by atoms with E-state index in [1.54, 1.807) is 0 Å². The largest absolute Gasteiger partial charge is 0.483 e. The summed E-state index contributed by atoms with van der Waals surface area (Å²) in [6.45, 7) is -1.92. The monoisotopic (exact) mass is 476 g/mol. The highest BCUT2D eigenvalue weighted by Gasteiger charge is 2.54. The number of nitrogens with two attached hydrogens (primary N) is 1. The van der Waals surface area contributed by atoms with Gasteiger partial charge in [0, 0.05) is 11.3 Å². The second kappa shape index (κ2) is 8.89. The molecule has 178 valence electrons. The first kappa shape index (κ1) is 24.3. The molecule has 0 spiro atoms. The summed E-state index contributed by atoms with van der Waals surface area (Å²) in [6, 6.07) is 5.22. The molecule has 0 radical (unpaired) electrons. The summed E-state index contributed by atoms with van der Waals surface area (Å²) in [4.78, 5) is 19.9. The van der Waals surface area contributed by atoms with Gasteiger partial charge in [0.2, 0.25) is 0 Å². The van der Waals surface area contributed by atoms with Crippen LogP contribution in [-0.4, -0.2) is 48.6 Å². The standard InChI is InChI=1S/C20H18F6N4O3/c1-18(19(22,23)9-32-8-16(27)30-18)13-6-11(2-4-14(13)21)29-17(31)15-5-3-12(7-28-15)33-10-20(24,25)26/h2-7H,8-10H2,1H3,(H2,27,30)(H,29,31)/t18-/m1/s1. The summed E-state index contributed by atoms with van der Waals surface area (Å²) in [7, 11) is 0. The Morgan fingerprint density at radius 3 is 2.64 bits per heavy atom. The maximum atomic E-state index is 14.8. The number of nitrogens with zero attached hydrogens (tertiary/aromatic N) is 2. The van der Waals surface area contributed by atoms with Crippen LogP contribution in [0, 0.1) is 5.82 Å². The lowest BCUT2D eigenvalue weighted by Crippen LogP contribution is -2.45. The molecule has 1 aliphatic rings. The number of benzene rings is 1. The lowest BCUT2D eigenvalue weighted by molar-refractivity contribution is -0.153. The normalized spacial score (nSPS) is 20.5. The molecule has 13 heteroatoms. The van der Waals surface area contributed by atoms with Crippen molar-refractivity contribution in [2.45, 2.75) is 24.6 Å². The zero-order valence-electron chi connectivity index (χ0n) is 17.0. The molecule has 7 nitrogen and oxygen atoms in total. The fourth-order valence-electron chi connectivity index (χ4n) is 3.02. The van der Waals surface area contributed by atoms with E-state index >= 15 is 0 Å². The number of rotatable bonds is 5. The molecule has 0 saturated heterocycles. The first-order chi connectivity index (χ1) is 15.3. The predicted molar refractivity (Wildman–Crippen MR) is 105 cm³/mol. The van der Waals surface area contributed by atoms with Crippen molar-refractivity contribution in [3.05, 3.63) is 53.6 Å². The third-order valence-electron chi connectivity index (χ3n) is 4.73. The number of aliphatic imine (C=N–C) groups is 1. The molecule has 1 aliphatic heterocycles. The summed E-state index contributed by atoms with van der Waals surface area (Å²) in [5, 5.41) is 2.37. The zero-order chi connectivity index (χ0) is 24.4. The number of halogens is 6. The van der Waals surface area contributed by atoms with Crippen LogP contribution in [0.1, 0.15) is 23.0 Å². The molecular weight excluding hydrogens is 458 g/mol.